The van der Waals surface area contributed by atoms with Crippen LogP contribution in [0.25, 0.3) is 0 Å². The summed E-state index contributed by atoms with van der Waals surface area (Å²) in [6.45, 7) is 0.618. The van der Waals surface area contributed by atoms with E-state index >= 15 is 0 Å². The van der Waals surface area contributed by atoms with Gasteiger partial charge in [0, 0.05) is 24.4 Å². The smallest absolute Gasteiger partial charge is 0.269 e. The molecule has 0 bridgehead atoms. The van der Waals surface area contributed by atoms with E-state index in [2.05, 4.69) is 5.32 Å². The van der Waals surface area contributed by atoms with Crippen molar-refractivity contribution in [1.29, 1.82) is 0 Å². The molecule has 24 heavy (non-hydrogen) atoms. The van der Waals surface area contributed by atoms with Crippen LogP contribution in [0.1, 0.15) is 12.8 Å². The fourth-order valence-electron chi connectivity index (χ4n) is 2.14. The van der Waals surface area contributed by atoms with Crippen LogP contribution >= 0.6 is 0 Å². The van der Waals surface area contributed by atoms with Gasteiger partial charge in [-0.1, -0.05) is 18.2 Å². The molecule has 0 spiro atoms. The summed E-state index contributed by atoms with van der Waals surface area (Å²) in [6, 6.07) is 15.3. The van der Waals surface area contributed by atoms with E-state index in [0.717, 1.165) is 5.69 Å². The van der Waals surface area contributed by atoms with E-state index in [4.69, 9.17) is 10.5 Å². The number of aliphatic hydroxyl groups excluding tert-OH is 1. The van der Waals surface area contributed by atoms with Gasteiger partial charge in [0.1, 0.15) is 11.9 Å². The summed E-state index contributed by atoms with van der Waals surface area (Å²) in [5, 5.41) is 23.7. The third-order valence-corrected chi connectivity index (χ3v) is 3.48. The molecule has 0 saturated carbocycles. The Labute approximate surface area is 140 Å². The summed E-state index contributed by atoms with van der Waals surface area (Å²) >= 11 is 0. The van der Waals surface area contributed by atoms with Gasteiger partial charge in [-0.3, -0.25) is 15.8 Å². The summed E-state index contributed by atoms with van der Waals surface area (Å²) < 4.78 is 5.47. The van der Waals surface area contributed by atoms with Gasteiger partial charge in [-0.05, 0) is 37.1 Å². The van der Waals surface area contributed by atoms with Gasteiger partial charge in [0.25, 0.3) is 5.69 Å². The molecule has 0 radical (unpaired) electrons. The number of anilines is 1. The lowest BCUT2D eigenvalue weighted by molar-refractivity contribution is -0.384. The van der Waals surface area contributed by atoms with Crippen LogP contribution < -0.4 is 15.8 Å². The Morgan fingerprint density at radius 3 is 2.46 bits per heavy atom. The van der Waals surface area contributed by atoms with Crippen molar-refractivity contribution in [1.82, 2.24) is 0 Å². The van der Waals surface area contributed by atoms with Gasteiger partial charge in [-0.15, -0.1) is 0 Å². The van der Waals surface area contributed by atoms with E-state index < -0.39 is 17.3 Å². The van der Waals surface area contributed by atoms with Crippen molar-refractivity contribution in [3.05, 3.63) is 64.7 Å². The number of non-ortho nitro benzene ring substituents is 1. The van der Waals surface area contributed by atoms with Gasteiger partial charge in [-0.25, -0.2) is 0 Å². The Bertz CT molecular complexity index is 634. The maximum atomic E-state index is 10.6. The Balaban J connectivity index is 1.68. The highest BCUT2D eigenvalue weighted by atomic mass is 16.6. The first kappa shape index (κ1) is 17.7. The van der Waals surface area contributed by atoms with Crippen LogP contribution in [0, 0.1) is 10.1 Å². The van der Waals surface area contributed by atoms with Crippen molar-refractivity contribution in [3.8, 4) is 5.75 Å². The van der Waals surface area contributed by atoms with Crippen molar-refractivity contribution in [2.24, 2.45) is 5.73 Å². The molecular weight excluding hydrogens is 310 g/mol. The molecule has 0 aliphatic heterocycles. The summed E-state index contributed by atoms with van der Waals surface area (Å²) in [7, 11) is 0. The number of hydrogen-bond donors (Lipinski definition) is 3. The second-order valence-electron chi connectivity index (χ2n) is 5.34. The molecule has 2 rings (SSSR count). The molecule has 128 valence electrons. The second kappa shape index (κ2) is 8.85. The minimum Gasteiger partial charge on any atom is -0.473 e. The molecular formula is C17H21N3O4. The number of nitrogens with zero attached hydrogens (tertiary/aromatic N) is 1. The lowest BCUT2D eigenvalue weighted by atomic mass is 10.1. The first-order valence-electron chi connectivity index (χ1n) is 7.70. The number of nitro groups is 1. The predicted molar refractivity (Wildman–Crippen MR) is 91.9 cm³/mol. The number of para-hydroxylation sites is 1. The SMILES string of the molecule is NC(Oc1ccccc1)C(O)CCCNc1ccc([N+](=O)[O-])cc1. The average Bonchev–Trinajstić information content (AvgIpc) is 2.59. The molecule has 0 fully saturated rings. The van der Waals surface area contributed by atoms with Gasteiger partial charge in [0.2, 0.25) is 0 Å². The molecule has 0 aromatic heterocycles. The molecule has 7 nitrogen and oxygen atoms in total. The largest absolute Gasteiger partial charge is 0.473 e. The summed E-state index contributed by atoms with van der Waals surface area (Å²) in [6.07, 6.45) is -0.395. The number of benzene rings is 2. The number of nitro benzene ring substituents is 1. The lowest BCUT2D eigenvalue weighted by Crippen LogP contribution is -2.40. The summed E-state index contributed by atoms with van der Waals surface area (Å²) in [5.41, 5.74) is 6.68. The van der Waals surface area contributed by atoms with E-state index in [9.17, 15) is 15.2 Å². The van der Waals surface area contributed by atoms with Crippen LogP contribution in [0.2, 0.25) is 0 Å². The molecule has 0 amide bonds. The molecule has 4 N–H and O–H groups in total. The quantitative estimate of drug-likeness (QED) is 0.282. The van der Waals surface area contributed by atoms with Crippen LogP contribution in [-0.4, -0.2) is 28.9 Å². The zero-order valence-electron chi connectivity index (χ0n) is 13.2. The predicted octanol–water partition coefficient (Wildman–Crippen LogP) is 2.51. The van der Waals surface area contributed by atoms with Gasteiger partial charge in [0.15, 0.2) is 6.23 Å². The molecule has 0 heterocycles. The van der Waals surface area contributed by atoms with E-state index in [1.807, 2.05) is 18.2 Å². The fourth-order valence-corrected chi connectivity index (χ4v) is 2.14. The van der Waals surface area contributed by atoms with E-state index in [1.54, 1.807) is 24.3 Å². The highest BCUT2D eigenvalue weighted by molar-refractivity contribution is 5.48. The van der Waals surface area contributed by atoms with Crippen molar-refractivity contribution in [2.75, 3.05) is 11.9 Å². The summed E-state index contributed by atoms with van der Waals surface area (Å²) in [5.74, 6) is 0.619. The van der Waals surface area contributed by atoms with Crippen LogP contribution in [0.15, 0.2) is 54.6 Å². The Morgan fingerprint density at radius 2 is 1.83 bits per heavy atom. The number of ether oxygens (including phenoxy) is 1. The average molecular weight is 331 g/mol. The van der Waals surface area contributed by atoms with Crippen molar-refractivity contribution in [2.45, 2.75) is 25.2 Å². The van der Waals surface area contributed by atoms with Gasteiger partial charge < -0.3 is 15.2 Å². The number of nitrogens with two attached hydrogens (primary N) is 1. The lowest BCUT2D eigenvalue weighted by Gasteiger charge is -2.20. The third kappa shape index (κ3) is 5.53. The van der Waals surface area contributed by atoms with Crippen LogP contribution in [0.4, 0.5) is 11.4 Å². The number of aliphatic hydroxyl groups is 1. The molecule has 0 aliphatic rings. The molecule has 2 aromatic rings. The van der Waals surface area contributed by atoms with E-state index in [-0.39, 0.29) is 5.69 Å². The zero-order valence-corrected chi connectivity index (χ0v) is 13.2. The molecule has 2 unspecified atom stereocenters. The fraction of sp³-hybridized carbons (Fsp3) is 0.294. The minimum atomic E-state index is -0.785. The Kier molecular flexibility index (Phi) is 6.53. The highest BCUT2D eigenvalue weighted by Crippen LogP contribution is 2.16. The topological polar surface area (TPSA) is 111 Å². The second-order valence-corrected chi connectivity index (χ2v) is 5.34. The molecule has 7 heteroatoms. The molecule has 0 aliphatic carbocycles. The first-order chi connectivity index (χ1) is 11.6. The highest BCUT2D eigenvalue weighted by Gasteiger charge is 2.15. The third-order valence-electron chi connectivity index (χ3n) is 3.48. The first-order valence-corrected chi connectivity index (χ1v) is 7.70. The van der Waals surface area contributed by atoms with Gasteiger partial charge in [-0.2, -0.15) is 0 Å². The standard InChI is InChI=1S/C17H21N3O4/c18-17(24-15-5-2-1-3-6-15)16(21)7-4-12-19-13-8-10-14(11-9-13)20(22)23/h1-3,5-6,8-11,16-17,19,21H,4,7,12,18H2. The van der Waals surface area contributed by atoms with Crippen LogP contribution in [0.5, 0.6) is 5.75 Å². The number of hydrogen-bond acceptors (Lipinski definition) is 6. The van der Waals surface area contributed by atoms with Gasteiger partial charge >= 0.3 is 0 Å². The van der Waals surface area contributed by atoms with Crippen molar-refractivity contribution < 1.29 is 14.8 Å². The van der Waals surface area contributed by atoms with E-state index in [1.165, 1.54) is 12.1 Å². The number of nitrogens with one attached hydrogen (secondary N) is 1. The maximum absolute atomic E-state index is 10.6. The van der Waals surface area contributed by atoms with Crippen LogP contribution in [0.3, 0.4) is 0 Å². The molecule has 2 aromatic carbocycles. The molecule has 0 saturated heterocycles. The normalized spacial score (nSPS) is 13.1. The summed E-state index contributed by atoms with van der Waals surface area (Å²) in [4.78, 5) is 10.1. The van der Waals surface area contributed by atoms with Crippen LogP contribution in [-0.2, 0) is 0 Å². The van der Waals surface area contributed by atoms with Crippen molar-refractivity contribution >= 4 is 11.4 Å². The Hall–Kier alpha value is -2.64. The maximum Gasteiger partial charge on any atom is 0.269 e. The van der Waals surface area contributed by atoms with Gasteiger partial charge in [0.05, 0.1) is 4.92 Å². The Morgan fingerprint density at radius 1 is 1.17 bits per heavy atom. The molecule has 2 atom stereocenters. The van der Waals surface area contributed by atoms with E-state index in [0.29, 0.717) is 25.1 Å². The van der Waals surface area contributed by atoms with Crippen molar-refractivity contribution in [3.63, 3.8) is 0 Å². The zero-order chi connectivity index (χ0) is 17.4. The number of rotatable bonds is 9. The monoisotopic (exact) mass is 331 g/mol. The minimum absolute atomic E-state index is 0.0556.